The second-order valence-corrected chi connectivity index (χ2v) is 6.70. The number of benzene rings is 1. The Labute approximate surface area is 160 Å². The molecule has 3 heterocycles. The summed E-state index contributed by atoms with van der Waals surface area (Å²) in [5.41, 5.74) is 3.54. The number of nitrogens with one attached hydrogen (secondary N) is 1. The molecule has 3 aromatic heterocycles. The molecule has 3 nitrogen and oxygen atoms in total. The number of hydrogen-bond donors (Lipinski definition) is 1. The van der Waals surface area contributed by atoms with Gasteiger partial charge in [-0.05, 0) is 53.8 Å². The maximum Gasteiger partial charge on any atom is 0.416 e. The van der Waals surface area contributed by atoms with Crippen LogP contribution in [0.5, 0.6) is 0 Å². The van der Waals surface area contributed by atoms with Crippen LogP contribution in [0.3, 0.4) is 0 Å². The van der Waals surface area contributed by atoms with E-state index < -0.39 is 11.7 Å². The Morgan fingerprint density at radius 1 is 0.857 bits per heavy atom. The molecule has 0 saturated carbocycles. The molecule has 0 bridgehead atoms. The number of rotatable bonds is 5. The Bertz CT molecular complexity index is 1080. The fourth-order valence-electron chi connectivity index (χ4n) is 3.36. The van der Waals surface area contributed by atoms with Gasteiger partial charge in [-0.2, -0.15) is 13.2 Å². The Morgan fingerprint density at radius 2 is 1.71 bits per heavy atom. The van der Waals surface area contributed by atoms with Gasteiger partial charge >= 0.3 is 6.18 Å². The summed E-state index contributed by atoms with van der Waals surface area (Å²) in [7, 11) is 0. The predicted molar refractivity (Wildman–Crippen MR) is 102 cm³/mol. The quantitative estimate of drug-likeness (QED) is 0.506. The van der Waals surface area contributed by atoms with Crippen LogP contribution in [-0.4, -0.2) is 15.0 Å². The van der Waals surface area contributed by atoms with Crippen molar-refractivity contribution in [2.75, 3.05) is 0 Å². The van der Waals surface area contributed by atoms with E-state index in [1.165, 1.54) is 12.1 Å². The van der Waals surface area contributed by atoms with E-state index in [1.807, 2.05) is 30.5 Å². The number of H-pyrrole nitrogens is 1. The maximum atomic E-state index is 13.1. The average Bonchev–Trinajstić information content (AvgIpc) is 3.10. The maximum absolute atomic E-state index is 13.1. The summed E-state index contributed by atoms with van der Waals surface area (Å²) in [6.07, 6.45) is 2.63. The van der Waals surface area contributed by atoms with Crippen molar-refractivity contribution >= 4 is 11.0 Å². The van der Waals surface area contributed by atoms with Crippen molar-refractivity contribution in [3.05, 3.63) is 95.1 Å². The zero-order valence-corrected chi connectivity index (χ0v) is 15.0. The molecule has 4 aromatic rings. The smallest absolute Gasteiger partial charge is 0.346 e. The molecule has 4 rings (SSSR count). The summed E-state index contributed by atoms with van der Waals surface area (Å²) >= 11 is 0. The number of fused-ring (bicyclic) bond motifs is 1. The third-order valence-electron chi connectivity index (χ3n) is 4.79. The highest BCUT2D eigenvalue weighted by Crippen LogP contribution is 2.32. The average molecular weight is 381 g/mol. The zero-order chi connectivity index (χ0) is 19.6. The van der Waals surface area contributed by atoms with Gasteiger partial charge in [0.15, 0.2) is 0 Å². The fraction of sp³-hybridized carbons (Fsp3) is 0.182. The van der Waals surface area contributed by atoms with Crippen molar-refractivity contribution in [1.82, 2.24) is 15.0 Å². The van der Waals surface area contributed by atoms with Crippen LogP contribution in [0.2, 0.25) is 0 Å². The Hall–Kier alpha value is -3.15. The van der Waals surface area contributed by atoms with Crippen LogP contribution in [0, 0.1) is 0 Å². The summed E-state index contributed by atoms with van der Waals surface area (Å²) in [5, 5.41) is 1.08. The van der Waals surface area contributed by atoms with E-state index in [0.29, 0.717) is 18.4 Å². The largest absolute Gasteiger partial charge is 0.416 e. The van der Waals surface area contributed by atoms with E-state index >= 15 is 0 Å². The number of aromatic nitrogens is 3. The molecule has 1 aromatic carbocycles. The third kappa shape index (κ3) is 3.91. The molecule has 0 aliphatic rings. The lowest BCUT2D eigenvalue weighted by molar-refractivity contribution is -0.138. The van der Waals surface area contributed by atoms with E-state index in [9.17, 15) is 13.2 Å². The Balaban J connectivity index is 1.44. The molecule has 6 heteroatoms. The molecule has 0 radical (unpaired) electrons. The van der Waals surface area contributed by atoms with Gasteiger partial charge in [-0.25, -0.2) is 4.98 Å². The van der Waals surface area contributed by atoms with Gasteiger partial charge in [-0.15, -0.1) is 0 Å². The van der Waals surface area contributed by atoms with Gasteiger partial charge in [0.05, 0.1) is 5.56 Å². The number of aryl methyl sites for hydroxylation is 2. The van der Waals surface area contributed by atoms with E-state index in [0.717, 1.165) is 40.3 Å². The fourth-order valence-corrected chi connectivity index (χ4v) is 3.36. The molecule has 0 saturated heterocycles. The van der Waals surface area contributed by atoms with Gasteiger partial charge < -0.3 is 4.98 Å². The van der Waals surface area contributed by atoms with Crippen LogP contribution < -0.4 is 0 Å². The van der Waals surface area contributed by atoms with Crippen LogP contribution in [0.4, 0.5) is 13.2 Å². The molecule has 142 valence electrons. The second-order valence-electron chi connectivity index (χ2n) is 6.70. The Kier molecular flexibility index (Phi) is 4.86. The van der Waals surface area contributed by atoms with Crippen molar-refractivity contribution in [3.8, 4) is 0 Å². The lowest BCUT2D eigenvalue weighted by Crippen LogP contribution is -2.09. The second kappa shape index (κ2) is 7.46. The highest BCUT2D eigenvalue weighted by Gasteiger charge is 2.32. The van der Waals surface area contributed by atoms with Crippen molar-refractivity contribution in [3.63, 3.8) is 0 Å². The first-order chi connectivity index (χ1) is 13.5. The highest BCUT2D eigenvalue weighted by atomic mass is 19.4. The molecule has 0 aliphatic heterocycles. The number of aromatic amines is 1. The van der Waals surface area contributed by atoms with Crippen molar-refractivity contribution < 1.29 is 13.2 Å². The summed E-state index contributed by atoms with van der Waals surface area (Å²) in [4.78, 5) is 11.9. The minimum absolute atomic E-state index is 0.298. The van der Waals surface area contributed by atoms with Gasteiger partial charge in [0.1, 0.15) is 5.65 Å². The first-order valence-electron chi connectivity index (χ1n) is 9.00. The zero-order valence-electron chi connectivity index (χ0n) is 15.0. The lowest BCUT2D eigenvalue weighted by atomic mass is 10.0. The monoisotopic (exact) mass is 381 g/mol. The molecular weight excluding hydrogens is 363 g/mol. The topological polar surface area (TPSA) is 41.6 Å². The van der Waals surface area contributed by atoms with Crippen molar-refractivity contribution in [1.29, 1.82) is 0 Å². The summed E-state index contributed by atoms with van der Waals surface area (Å²) < 4.78 is 39.3. The van der Waals surface area contributed by atoms with Crippen LogP contribution >= 0.6 is 0 Å². The van der Waals surface area contributed by atoms with Gasteiger partial charge in [-0.3, -0.25) is 4.98 Å². The first-order valence-corrected chi connectivity index (χ1v) is 9.00. The number of hydrogen-bond acceptors (Lipinski definition) is 2. The number of pyridine rings is 2. The van der Waals surface area contributed by atoms with E-state index in [1.54, 1.807) is 18.5 Å². The number of nitrogens with zero attached hydrogens (tertiary/aromatic N) is 2. The minimum atomic E-state index is -4.33. The molecule has 0 amide bonds. The van der Waals surface area contributed by atoms with Crippen LogP contribution in [0.15, 0.2) is 67.1 Å². The number of halogens is 3. The van der Waals surface area contributed by atoms with Gasteiger partial charge in [0.2, 0.25) is 0 Å². The van der Waals surface area contributed by atoms with Crippen molar-refractivity contribution in [2.24, 2.45) is 0 Å². The molecule has 0 fully saturated rings. The first kappa shape index (κ1) is 18.2. The van der Waals surface area contributed by atoms with E-state index in [4.69, 9.17) is 0 Å². The molecule has 0 spiro atoms. The van der Waals surface area contributed by atoms with Gasteiger partial charge in [0, 0.05) is 36.1 Å². The van der Waals surface area contributed by atoms with Crippen molar-refractivity contribution in [2.45, 2.75) is 25.4 Å². The summed E-state index contributed by atoms with van der Waals surface area (Å²) in [6.45, 7) is 0. The number of alkyl halides is 3. The molecule has 0 atom stereocenters. The van der Waals surface area contributed by atoms with Crippen LogP contribution in [-0.2, 0) is 25.4 Å². The molecule has 0 aliphatic carbocycles. The normalized spacial score (nSPS) is 11.8. The van der Waals surface area contributed by atoms with Crippen LogP contribution in [0.25, 0.3) is 11.0 Å². The van der Waals surface area contributed by atoms with Crippen LogP contribution in [0.1, 0.15) is 27.9 Å². The molecular formula is C22H18F3N3. The van der Waals surface area contributed by atoms with E-state index in [2.05, 4.69) is 15.0 Å². The highest BCUT2D eigenvalue weighted by molar-refractivity contribution is 5.79. The summed E-state index contributed by atoms with van der Waals surface area (Å²) in [6, 6.07) is 13.5. The minimum Gasteiger partial charge on any atom is -0.346 e. The molecule has 0 unspecified atom stereocenters. The molecule has 1 N–H and O–H groups in total. The summed E-state index contributed by atoms with van der Waals surface area (Å²) in [5.74, 6) is 0. The SMILES string of the molecule is FC(F)(F)c1ccccc1CCc1ccc(Cc2c[nH]c3ncccc23)cn1. The predicted octanol–water partition coefficient (Wildman–Crippen LogP) is 5.35. The Morgan fingerprint density at radius 3 is 2.50 bits per heavy atom. The van der Waals surface area contributed by atoms with Gasteiger partial charge in [0.25, 0.3) is 0 Å². The van der Waals surface area contributed by atoms with Gasteiger partial charge in [-0.1, -0.05) is 24.3 Å². The molecule has 28 heavy (non-hydrogen) atoms. The standard InChI is InChI=1S/C22H18F3N3/c23-22(24,25)20-6-2-1-4-16(20)8-10-18-9-7-15(13-27-18)12-17-14-28-21-19(17)5-3-11-26-21/h1-7,9,11,13-14H,8,10,12H2,(H,26,28). The van der Waals surface area contributed by atoms with E-state index in [-0.39, 0.29) is 0 Å². The lowest BCUT2D eigenvalue weighted by Gasteiger charge is -2.12. The third-order valence-corrected chi connectivity index (χ3v) is 4.79.